The molecule has 0 atom stereocenters. The third-order valence-electron chi connectivity index (χ3n) is 6.07. The minimum absolute atomic E-state index is 0.421. The van der Waals surface area contributed by atoms with Crippen molar-refractivity contribution in [2.75, 3.05) is 5.32 Å². The minimum atomic E-state index is -0.455. The zero-order chi connectivity index (χ0) is 20.3. The van der Waals surface area contributed by atoms with Crippen LogP contribution in [0.15, 0.2) is 42.9 Å². The minimum Gasteiger partial charge on any atom is -0.309 e. The van der Waals surface area contributed by atoms with E-state index in [4.69, 9.17) is 10.1 Å². The molecule has 8 nitrogen and oxygen atoms in total. The first-order chi connectivity index (χ1) is 14.6. The van der Waals surface area contributed by atoms with Crippen LogP contribution in [0.1, 0.15) is 62.7 Å². The van der Waals surface area contributed by atoms with Crippen LogP contribution in [0.3, 0.4) is 0 Å². The largest absolute Gasteiger partial charge is 0.309 e. The SMILES string of the molecule is CC(C)(c1cc(Nc2ncc3cccc(C4CC4)c3n2)n(C2CC2)n1)n1nccn1. The number of anilines is 2. The zero-order valence-corrected chi connectivity index (χ0v) is 17.2. The van der Waals surface area contributed by atoms with Crippen molar-refractivity contribution in [1.29, 1.82) is 0 Å². The molecule has 30 heavy (non-hydrogen) atoms. The van der Waals surface area contributed by atoms with E-state index in [0.717, 1.165) is 35.3 Å². The molecule has 3 heterocycles. The Morgan fingerprint density at radius 2 is 1.87 bits per heavy atom. The maximum absolute atomic E-state index is 4.91. The summed E-state index contributed by atoms with van der Waals surface area (Å²) in [5, 5.41) is 18.1. The predicted molar refractivity (Wildman–Crippen MR) is 114 cm³/mol. The zero-order valence-electron chi connectivity index (χ0n) is 17.2. The number of fused-ring (bicyclic) bond motifs is 1. The van der Waals surface area contributed by atoms with Crippen molar-refractivity contribution in [2.24, 2.45) is 0 Å². The van der Waals surface area contributed by atoms with E-state index in [1.54, 1.807) is 17.2 Å². The maximum Gasteiger partial charge on any atom is 0.228 e. The fourth-order valence-electron chi connectivity index (χ4n) is 3.97. The molecule has 3 aromatic heterocycles. The second-order valence-electron chi connectivity index (χ2n) is 8.85. The van der Waals surface area contributed by atoms with Gasteiger partial charge in [-0.1, -0.05) is 18.2 Å². The van der Waals surface area contributed by atoms with Gasteiger partial charge in [0.2, 0.25) is 5.95 Å². The number of aromatic nitrogens is 7. The molecule has 2 fully saturated rings. The lowest BCUT2D eigenvalue weighted by atomic mass is 10.0. The van der Waals surface area contributed by atoms with Crippen LogP contribution >= 0.6 is 0 Å². The van der Waals surface area contributed by atoms with Crippen LogP contribution in [-0.4, -0.2) is 34.7 Å². The van der Waals surface area contributed by atoms with Gasteiger partial charge in [-0.25, -0.2) is 14.6 Å². The number of hydrogen-bond donors (Lipinski definition) is 1. The van der Waals surface area contributed by atoms with Crippen LogP contribution in [0.4, 0.5) is 11.8 Å². The summed E-state index contributed by atoms with van der Waals surface area (Å²) in [6, 6.07) is 8.87. The molecule has 0 unspecified atom stereocenters. The number of para-hydroxylation sites is 1. The van der Waals surface area contributed by atoms with Gasteiger partial charge in [0.15, 0.2) is 0 Å². The average Bonchev–Trinajstić information content (AvgIpc) is 3.67. The Hall–Kier alpha value is -3.29. The first-order valence-electron chi connectivity index (χ1n) is 10.6. The molecule has 2 aliphatic carbocycles. The summed E-state index contributed by atoms with van der Waals surface area (Å²) in [6.07, 6.45) is 10.1. The maximum atomic E-state index is 4.91. The van der Waals surface area contributed by atoms with E-state index < -0.39 is 5.54 Å². The average molecular weight is 400 g/mol. The molecule has 0 bridgehead atoms. The molecule has 2 aliphatic rings. The highest BCUT2D eigenvalue weighted by Crippen LogP contribution is 2.43. The van der Waals surface area contributed by atoms with Crippen LogP contribution < -0.4 is 5.32 Å². The highest BCUT2D eigenvalue weighted by atomic mass is 15.5. The molecular weight excluding hydrogens is 376 g/mol. The molecule has 8 heteroatoms. The Bertz CT molecular complexity index is 1220. The summed E-state index contributed by atoms with van der Waals surface area (Å²) < 4.78 is 2.07. The molecule has 1 aromatic carbocycles. The molecule has 4 aromatic rings. The molecule has 0 spiro atoms. The Balaban J connectivity index is 1.38. The van der Waals surface area contributed by atoms with Crippen molar-refractivity contribution in [3.63, 3.8) is 0 Å². The third kappa shape index (κ3) is 2.94. The fraction of sp³-hybridized carbons (Fsp3) is 0.409. The van der Waals surface area contributed by atoms with Crippen molar-refractivity contribution >= 4 is 22.7 Å². The van der Waals surface area contributed by atoms with Gasteiger partial charge < -0.3 is 5.32 Å². The Labute approximate surface area is 174 Å². The number of nitrogens with one attached hydrogen (secondary N) is 1. The van der Waals surface area contributed by atoms with E-state index >= 15 is 0 Å². The predicted octanol–water partition coefficient (Wildman–Crippen LogP) is 4.16. The Morgan fingerprint density at radius 3 is 2.60 bits per heavy atom. The second-order valence-corrected chi connectivity index (χ2v) is 8.85. The highest BCUT2D eigenvalue weighted by Gasteiger charge is 2.33. The number of benzene rings is 1. The summed E-state index contributed by atoms with van der Waals surface area (Å²) in [4.78, 5) is 11.2. The molecule has 0 amide bonds. The lowest BCUT2D eigenvalue weighted by Crippen LogP contribution is -2.30. The topological polar surface area (TPSA) is 86.3 Å². The molecule has 0 saturated heterocycles. The molecule has 1 N–H and O–H groups in total. The van der Waals surface area contributed by atoms with Crippen LogP contribution in [0.2, 0.25) is 0 Å². The molecule has 152 valence electrons. The van der Waals surface area contributed by atoms with Gasteiger partial charge in [0.25, 0.3) is 0 Å². The fourth-order valence-corrected chi connectivity index (χ4v) is 3.97. The Kier molecular flexibility index (Phi) is 3.72. The van der Waals surface area contributed by atoms with Gasteiger partial charge in [-0.05, 0) is 51.0 Å². The van der Waals surface area contributed by atoms with Crippen molar-refractivity contribution in [2.45, 2.75) is 57.0 Å². The quantitative estimate of drug-likeness (QED) is 0.523. The lowest BCUT2D eigenvalue weighted by molar-refractivity contribution is 0.331. The van der Waals surface area contributed by atoms with E-state index in [1.165, 1.54) is 18.4 Å². The van der Waals surface area contributed by atoms with Crippen LogP contribution in [0.5, 0.6) is 0 Å². The van der Waals surface area contributed by atoms with Crippen molar-refractivity contribution in [3.05, 3.63) is 54.1 Å². The third-order valence-corrected chi connectivity index (χ3v) is 6.07. The first-order valence-corrected chi connectivity index (χ1v) is 10.6. The van der Waals surface area contributed by atoms with Gasteiger partial charge in [0.05, 0.1) is 29.6 Å². The monoisotopic (exact) mass is 400 g/mol. The van der Waals surface area contributed by atoms with Crippen LogP contribution in [-0.2, 0) is 5.54 Å². The summed E-state index contributed by atoms with van der Waals surface area (Å²) in [5.41, 5.74) is 2.84. The van der Waals surface area contributed by atoms with Gasteiger partial charge in [0, 0.05) is 17.6 Å². The normalized spacial score (nSPS) is 16.9. The van der Waals surface area contributed by atoms with E-state index in [0.29, 0.717) is 17.9 Å². The Morgan fingerprint density at radius 1 is 1.07 bits per heavy atom. The van der Waals surface area contributed by atoms with E-state index in [1.807, 2.05) is 6.20 Å². The second kappa shape index (κ2) is 6.35. The number of rotatable bonds is 6. The van der Waals surface area contributed by atoms with Gasteiger partial charge >= 0.3 is 0 Å². The summed E-state index contributed by atoms with van der Waals surface area (Å²) in [7, 11) is 0. The number of hydrogen-bond acceptors (Lipinski definition) is 6. The van der Waals surface area contributed by atoms with Gasteiger partial charge in [-0.3, -0.25) is 0 Å². The van der Waals surface area contributed by atoms with E-state index in [9.17, 15) is 0 Å². The van der Waals surface area contributed by atoms with E-state index in [-0.39, 0.29) is 0 Å². The smallest absolute Gasteiger partial charge is 0.228 e. The highest BCUT2D eigenvalue weighted by molar-refractivity contribution is 5.83. The van der Waals surface area contributed by atoms with Gasteiger partial charge in [0.1, 0.15) is 11.4 Å². The standard InChI is InChI=1S/C22H24N8/c1-22(2,30-24-10-11-25-30)18-12-19(29(28-18)16-8-9-16)26-21-23-13-15-4-3-5-17(14-6-7-14)20(15)27-21/h3-5,10-14,16H,6-9H2,1-2H3,(H,23,26,27). The summed E-state index contributed by atoms with van der Waals surface area (Å²) in [5.74, 6) is 2.16. The first kappa shape index (κ1) is 17.6. The van der Waals surface area contributed by atoms with Crippen molar-refractivity contribution in [3.8, 4) is 0 Å². The van der Waals surface area contributed by atoms with Gasteiger partial charge in [-0.15, -0.1) is 0 Å². The molecule has 0 aliphatic heterocycles. The molecule has 0 radical (unpaired) electrons. The van der Waals surface area contributed by atoms with Crippen LogP contribution in [0.25, 0.3) is 10.9 Å². The van der Waals surface area contributed by atoms with Crippen molar-refractivity contribution < 1.29 is 0 Å². The summed E-state index contributed by atoms with van der Waals surface area (Å²) >= 11 is 0. The molecule has 6 rings (SSSR count). The molecular formula is C22H24N8. The molecule has 2 saturated carbocycles. The van der Waals surface area contributed by atoms with Crippen LogP contribution in [0, 0.1) is 0 Å². The van der Waals surface area contributed by atoms with Crippen molar-refractivity contribution in [1.82, 2.24) is 34.7 Å². The summed E-state index contributed by atoms with van der Waals surface area (Å²) in [6.45, 7) is 4.15. The van der Waals surface area contributed by atoms with Gasteiger partial charge in [-0.2, -0.15) is 20.1 Å². The number of nitrogens with zero attached hydrogens (tertiary/aromatic N) is 7. The van der Waals surface area contributed by atoms with E-state index in [2.05, 4.69) is 63.3 Å². The lowest BCUT2D eigenvalue weighted by Gasteiger charge is -2.20.